The van der Waals surface area contributed by atoms with E-state index in [0.717, 1.165) is 35.3 Å². The van der Waals surface area contributed by atoms with Gasteiger partial charge < -0.3 is 14.3 Å². The Labute approximate surface area is 192 Å². The first kappa shape index (κ1) is 21.1. The number of aryl methyl sites for hydroxylation is 4. The number of benzene rings is 2. The highest BCUT2D eigenvalue weighted by Crippen LogP contribution is 2.43. The van der Waals surface area contributed by atoms with Gasteiger partial charge in [0.2, 0.25) is 0 Å². The zero-order valence-electron chi connectivity index (χ0n) is 18.8. The molecular formula is C27H25NO5. The molecule has 6 nitrogen and oxygen atoms in total. The van der Waals surface area contributed by atoms with E-state index in [2.05, 4.69) is 0 Å². The molecule has 1 saturated heterocycles. The molecule has 2 aliphatic rings. The minimum atomic E-state index is -0.868. The van der Waals surface area contributed by atoms with Crippen molar-refractivity contribution in [2.75, 3.05) is 11.5 Å². The molecule has 0 bridgehead atoms. The Morgan fingerprint density at radius 3 is 2.55 bits per heavy atom. The summed E-state index contributed by atoms with van der Waals surface area (Å²) in [5.74, 6) is 0.215. The van der Waals surface area contributed by atoms with E-state index in [9.17, 15) is 14.7 Å². The van der Waals surface area contributed by atoms with Crippen LogP contribution in [0.25, 0.3) is 5.76 Å². The first-order chi connectivity index (χ1) is 15.8. The summed E-state index contributed by atoms with van der Waals surface area (Å²) < 4.78 is 11.5. The predicted molar refractivity (Wildman–Crippen MR) is 124 cm³/mol. The number of fused-ring (bicyclic) bond motifs is 1. The highest BCUT2D eigenvalue weighted by Gasteiger charge is 2.48. The molecule has 1 amide bonds. The Morgan fingerprint density at radius 2 is 1.82 bits per heavy atom. The van der Waals surface area contributed by atoms with Crippen molar-refractivity contribution >= 4 is 23.1 Å². The van der Waals surface area contributed by atoms with Crippen LogP contribution in [-0.4, -0.2) is 23.4 Å². The predicted octanol–water partition coefficient (Wildman–Crippen LogP) is 5.16. The van der Waals surface area contributed by atoms with Gasteiger partial charge in [0.1, 0.15) is 29.1 Å². The fourth-order valence-electron chi connectivity index (χ4n) is 4.51. The average molecular weight is 443 g/mol. The molecule has 0 radical (unpaired) electrons. The molecule has 0 saturated carbocycles. The maximum Gasteiger partial charge on any atom is 0.300 e. The molecule has 5 rings (SSSR count). The van der Waals surface area contributed by atoms with Crippen molar-refractivity contribution in [2.45, 2.75) is 39.7 Å². The maximum atomic E-state index is 13.3. The second kappa shape index (κ2) is 7.96. The number of furan rings is 1. The van der Waals surface area contributed by atoms with Gasteiger partial charge in [0, 0.05) is 11.3 Å². The first-order valence-corrected chi connectivity index (χ1v) is 11.1. The van der Waals surface area contributed by atoms with E-state index in [4.69, 9.17) is 9.15 Å². The molecule has 1 atom stereocenters. The standard InChI is InChI=1S/C27H25NO5/c1-15-6-9-20(13-16(15)2)28-24(22-10-7-17(3)33-22)23(26(30)27(28)31)25(29)19-8-11-21-18(14-19)5-4-12-32-21/h6-11,13-14,24,29H,4-5,12H2,1-3H3/b25-23-. The Kier molecular flexibility index (Phi) is 5.08. The normalized spacial score (nSPS) is 19.5. The van der Waals surface area contributed by atoms with E-state index < -0.39 is 17.7 Å². The third-order valence-corrected chi connectivity index (χ3v) is 6.43. The second-order valence-corrected chi connectivity index (χ2v) is 8.66. The lowest BCUT2D eigenvalue weighted by Crippen LogP contribution is -2.29. The number of aliphatic hydroxyl groups excluding tert-OH is 1. The van der Waals surface area contributed by atoms with E-state index in [1.807, 2.05) is 38.1 Å². The summed E-state index contributed by atoms with van der Waals surface area (Å²) in [6.45, 7) is 6.41. The monoisotopic (exact) mass is 443 g/mol. The highest BCUT2D eigenvalue weighted by atomic mass is 16.5. The number of hydrogen-bond donors (Lipinski definition) is 1. The fraction of sp³-hybridized carbons (Fsp3) is 0.259. The van der Waals surface area contributed by atoms with Crippen LogP contribution in [0.1, 0.15) is 46.2 Å². The topological polar surface area (TPSA) is 80.0 Å². The number of aliphatic hydroxyl groups is 1. The molecule has 1 N–H and O–H groups in total. The van der Waals surface area contributed by atoms with Crippen LogP contribution in [0.15, 0.2) is 58.5 Å². The number of carbonyl (C=O) groups is 2. The van der Waals surface area contributed by atoms with Crippen molar-refractivity contribution in [3.63, 3.8) is 0 Å². The number of Topliss-reactive ketones (excluding diaryl/α,β-unsaturated/α-hetero) is 1. The summed E-state index contributed by atoms with van der Waals surface area (Å²) in [7, 11) is 0. The van der Waals surface area contributed by atoms with Gasteiger partial charge in [0.25, 0.3) is 11.7 Å². The van der Waals surface area contributed by atoms with E-state index in [-0.39, 0.29) is 11.3 Å². The fourth-order valence-corrected chi connectivity index (χ4v) is 4.51. The van der Waals surface area contributed by atoms with Crippen molar-refractivity contribution in [3.05, 3.63) is 87.9 Å². The van der Waals surface area contributed by atoms with Gasteiger partial charge in [-0.25, -0.2) is 0 Å². The minimum Gasteiger partial charge on any atom is -0.507 e. The van der Waals surface area contributed by atoms with E-state index >= 15 is 0 Å². The molecule has 1 aromatic heterocycles. The maximum absolute atomic E-state index is 13.3. The van der Waals surface area contributed by atoms with Crippen LogP contribution in [0.5, 0.6) is 5.75 Å². The average Bonchev–Trinajstić information content (AvgIpc) is 3.35. The summed E-state index contributed by atoms with van der Waals surface area (Å²) in [6, 6.07) is 13.6. The van der Waals surface area contributed by atoms with Gasteiger partial charge in [0.15, 0.2) is 0 Å². The van der Waals surface area contributed by atoms with E-state index in [1.165, 1.54) is 4.90 Å². The number of anilines is 1. The molecule has 0 spiro atoms. The number of rotatable bonds is 3. The summed E-state index contributed by atoms with van der Waals surface area (Å²) in [4.78, 5) is 27.9. The third-order valence-electron chi connectivity index (χ3n) is 6.43. The molecule has 3 heterocycles. The van der Waals surface area contributed by atoms with Crippen LogP contribution in [0.4, 0.5) is 5.69 Å². The van der Waals surface area contributed by atoms with Crippen molar-refractivity contribution < 1.29 is 23.8 Å². The SMILES string of the molecule is Cc1ccc(C2/C(=C(/O)c3ccc4c(c3)CCCO4)C(=O)C(=O)N2c2ccc(C)c(C)c2)o1. The zero-order chi connectivity index (χ0) is 23.3. The van der Waals surface area contributed by atoms with Gasteiger partial charge in [-0.3, -0.25) is 14.5 Å². The first-order valence-electron chi connectivity index (χ1n) is 11.1. The molecule has 2 aromatic carbocycles. The number of ether oxygens (including phenoxy) is 1. The van der Waals surface area contributed by atoms with Crippen LogP contribution in [-0.2, 0) is 16.0 Å². The molecule has 6 heteroatoms. The summed E-state index contributed by atoms with van der Waals surface area (Å²) >= 11 is 0. The Bertz CT molecular complexity index is 1320. The molecule has 168 valence electrons. The number of hydrogen-bond acceptors (Lipinski definition) is 5. The van der Waals surface area contributed by atoms with Crippen LogP contribution in [0.3, 0.4) is 0 Å². The Morgan fingerprint density at radius 1 is 1.00 bits per heavy atom. The highest BCUT2D eigenvalue weighted by molar-refractivity contribution is 6.51. The summed E-state index contributed by atoms with van der Waals surface area (Å²) in [5.41, 5.74) is 4.13. The van der Waals surface area contributed by atoms with Crippen molar-refractivity contribution in [1.29, 1.82) is 0 Å². The Hall–Kier alpha value is -3.80. The van der Waals surface area contributed by atoms with Gasteiger partial charge in [-0.2, -0.15) is 0 Å². The van der Waals surface area contributed by atoms with Crippen LogP contribution >= 0.6 is 0 Å². The van der Waals surface area contributed by atoms with Crippen LogP contribution in [0, 0.1) is 20.8 Å². The third kappa shape index (κ3) is 3.52. The Balaban J connectivity index is 1.69. The quantitative estimate of drug-likeness (QED) is 0.344. The zero-order valence-corrected chi connectivity index (χ0v) is 18.8. The number of ketones is 1. The summed E-state index contributed by atoms with van der Waals surface area (Å²) in [6.07, 6.45) is 1.72. The van der Waals surface area contributed by atoms with E-state index in [0.29, 0.717) is 29.4 Å². The van der Waals surface area contributed by atoms with Gasteiger partial charge in [-0.1, -0.05) is 6.07 Å². The minimum absolute atomic E-state index is 0.0178. The number of nitrogens with zero attached hydrogens (tertiary/aromatic N) is 1. The molecule has 2 aliphatic heterocycles. The van der Waals surface area contributed by atoms with E-state index in [1.54, 1.807) is 31.2 Å². The molecule has 3 aromatic rings. The van der Waals surface area contributed by atoms with Crippen LogP contribution < -0.4 is 9.64 Å². The van der Waals surface area contributed by atoms with Gasteiger partial charge in [-0.15, -0.1) is 0 Å². The van der Waals surface area contributed by atoms with Crippen molar-refractivity contribution in [2.24, 2.45) is 0 Å². The van der Waals surface area contributed by atoms with Gasteiger partial charge in [0.05, 0.1) is 12.2 Å². The molecule has 1 unspecified atom stereocenters. The number of carbonyl (C=O) groups excluding carboxylic acids is 2. The van der Waals surface area contributed by atoms with Crippen molar-refractivity contribution in [3.8, 4) is 5.75 Å². The molecule has 33 heavy (non-hydrogen) atoms. The molecule has 1 fully saturated rings. The smallest absolute Gasteiger partial charge is 0.300 e. The van der Waals surface area contributed by atoms with Gasteiger partial charge >= 0.3 is 0 Å². The lowest BCUT2D eigenvalue weighted by atomic mass is 9.96. The van der Waals surface area contributed by atoms with Crippen molar-refractivity contribution in [1.82, 2.24) is 0 Å². The largest absolute Gasteiger partial charge is 0.507 e. The lowest BCUT2D eigenvalue weighted by molar-refractivity contribution is -0.132. The second-order valence-electron chi connectivity index (χ2n) is 8.66. The summed E-state index contributed by atoms with van der Waals surface area (Å²) in [5, 5.41) is 11.3. The number of amides is 1. The van der Waals surface area contributed by atoms with Gasteiger partial charge in [-0.05, 0) is 92.8 Å². The lowest BCUT2D eigenvalue weighted by Gasteiger charge is -2.24. The molecule has 0 aliphatic carbocycles. The van der Waals surface area contributed by atoms with Crippen LogP contribution in [0.2, 0.25) is 0 Å². The molecular weight excluding hydrogens is 418 g/mol.